The third-order valence-corrected chi connectivity index (χ3v) is 1.71. The molecule has 0 rings (SSSR count). The molecule has 74 valence electrons. The molecule has 0 amide bonds. The first-order valence-corrected chi connectivity index (χ1v) is 4.48. The Bertz CT molecular complexity index is 304. The van der Waals surface area contributed by atoms with E-state index in [4.69, 9.17) is 0 Å². The lowest BCUT2D eigenvalue weighted by Gasteiger charge is -2.04. The van der Waals surface area contributed by atoms with Crippen LogP contribution in [0.3, 0.4) is 0 Å². The number of allylic oxidation sites excluding steroid dienone is 6. The van der Waals surface area contributed by atoms with E-state index in [-0.39, 0.29) is 0 Å². The molecular weight excluding hydrogens is 170 g/mol. The van der Waals surface area contributed by atoms with Crippen LogP contribution in [0.5, 0.6) is 0 Å². The molecule has 0 unspecified atom stereocenters. The summed E-state index contributed by atoms with van der Waals surface area (Å²) in [5, 5.41) is 0. The number of aliphatic imine (C=N–C) groups is 1. The first kappa shape index (κ1) is 12.4. The highest BCUT2D eigenvalue weighted by molar-refractivity contribution is 5.59. The van der Waals surface area contributed by atoms with Crippen LogP contribution < -0.4 is 0 Å². The predicted molar refractivity (Wildman–Crippen MR) is 65.5 cm³/mol. The standard InChI is InChI=1S/C13H17N/c1-6-10-11(5)13(14-9-4)12(7-2)8-3/h6-10H,1-3H2,4-5H3/b11-10-,14-9?. The van der Waals surface area contributed by atoms with E-state index in [2.05, 4.69) is 24.7 Å². The van der Waals surface area contributed by atoms with Gasteiger partial charge in [0.2, 0.25) is 0 Å². The fraction of sp³-hybridized carbons (Fsp3) is 0.154. The van der Waals surface area contributed by atoms with E-state index < -0.39 is 0 Å². The normalized spacial score (nSPS) is 11.1. The molecular formula is C13H17N. The summed E-state index contributed by atoms with van der Waals surface area (Å²) in [6, 6.07) is 0. The summed E-state index contributed by atoms with van der Waals surface area (Å²) in [5.41, 5.74) is 2.86. The summed E-state index contributed by atoms with van der Waals surface area (Å²) in [7, 11) is 0. The van der Waals surface area contributed by atoms with Crippen LogP contribution in [0.2, 0.25) is 0 Å². The van der Waals surface area contributed by atoms with Gasteiger partial charge in [0.1, 0.15) is 0 Å². The van der Waals surface area contributed by atoms with Crippen molar-refractivity contribution in [2.24, 2.45) is 4.99 Å². The van der Waals surface area contributed by atoms with Crippen molar-refractivity contribution in [3.8, 4) is 0 Å². The van der Waals surface area contributed by atoms with E-state index in [9.17, 15) is 0 Å². The van der Waals surface area contributed by atoms with Crippen molar-refractivity contribution in [1.82, 2.24) is 0 Å². The Balaban J connectivity index is 5.42. The van der Waals surface area contributed by atoms with Crippen LogP contribution in [0, 0.1) is 0 Å². The van der Waals surface area contributed by atoms with Gasteiger partial charge < -0.3 is 0 Å². The topological polar surface area (TPSA) is 12.4 Å². The van der Waals surface area contributed by atoms with Crippen LogP contribution in [0.4, 0.5) is 0 Å². The summed E-state index contributed by atoms with van der Waals surface area (Å²) in [6.45, 7) is 15.0. The lowest BCUT2D eigenvalue weighted by molar-refractivity contribution is 1.26. The molecule has 0 N–H and O–H groups in total. The lowest BCUT2D eigenvalue weighted by atomic mass is 10.1. The maximum atomic E-state index is 4.28. The maximum absolute atomic E-state index is 4.28. The van der Waals surface area contributed by atoms with Crippen LogP contribution in [0.1, 0.15) is 13.8 Å². The summed E-state index contributed by atoms with van der Waals surface area (Å²) in [5.74, 6) is 0. The molecule has 0 spiro atoms. The average Bonchev–Trinajstić information content (AvgIpc) is 2.18. The van der Waals surface area contributed by atoms with E-state index >= 15 is 0 Å². The van der Waals surface area contributed by atoms with Crippen LogP contribution in [0.15, 0.2) is 65.9 Å². The Kier molecular flexibility index (Phi) is 6.04. The minimum atomic E-state index is 0.886. The zero-order valence-electron chi connectivity index (χ0n) is 8.96. The second-order valence-corrected chi connectivity index (χ2v) is 2.68. The van der Waals surface area contributed by atoms with Gasteiger partial charge in [0.25, 0.3) is 0 Å². The quantitative estimate of drug-likeness (QED) is 0.458. The molecule has 0 aliphatic heterocycles. The third-order valence-electron chi connectivity index (χ3n) is 1.71. The molecule has 0 aliphatic rings. The van der Waals surface area contributed by atoms with Crippen molar-refractivity contribution in [2.45, 2.75) is 13.8 Å². The van der Waals surface area contributed by atoms with Crippen molar-refractivity contribution < 1.29 is 0 Å². The molecule has 0 fully saturated rings. The van der Waals surface area contributed by atoms with Crippen LogP contribution >= 0.6 is 0 Å². The van der Waals surface area contributed by atoms with Gasteiger partial charge in [-0.25, -0.2) is 0 Å². The molecule has 0 saturated carbocycles. The van der Waals surface area contributed by atoms with Gasteiger partial charge in [-0.2, -0.15) is 0 Å². The Morgan fingerprint density at radius 2 is 1.71 bits per heavy atom. The molecule has 0 saturated heterocycles. The van der Waals surface area contributed by atoms with Crippen LogP contribution in [-0.4, -0.2) is 6.21 Å². The zero-order valence-corrected chi connectivity index (χ0v) is 8.96. The highest BCUT2D eigenvalue weighted by Crippen LogP contribution is 2.17. The van der Waals surface area contributed by atoms with Gasteiger partial charge in [0.15, 0.2) is 0 Å². The van der Waals surface area contributed by atoms with Gasteiger partial charge >= 0.3 is 0 Å². The molecule has 1 heteroatoms. The van der Waals surface area contributed by atoms with Crippen molar-refractivity contribution in [2.75, 3.05) is 0 Å². The third kappa shape index (κ3) is 3.40. The van der Waals surface area contributed by atoms with Crippen molar-refractivity contribution >= 4 is 6.21 Å². The summed E-state index contributed by atoms with van der Waals surface area (Å²) in [6.07, 6.45) is 8.90. The van der Waals surface area contributed by atoms with Gasteiger partial charge in [0, 0.05) is 6.21 Å². The second kappa shape index (κ2) is 6.84. The largest absolute Gasteiger partial charge is 0.261 e. The van der Waals surface area contributed by atoms with Gasteiger partial charge in [0.05, 0.1) is 5.70 Å². The summed E-state index contributed by atoms with van der Waals surface area (Å²) < 4.78 is 0. The summed E-state index contributed by atoms with van der Waals surface area (Å²) in [4.78, 5) is 4.28. The maximum Gasteiger partial charge on any atom is 0.0726 e. The molecule has 0 aliphatic carbocycles. The number of hydrogen-bond donors (Lipinski definition) is 0. The van der Waals surface area contributed by atoms with Gasteiger partial charge in [-0.15, -0.1) is 0 Å². The molecule has 0 aromatic carbocycles. The smallest absolute Gasteiger partial charge is 0.0726 e. The monoisotopic (exact) mass is 187 g/mol. The Morgan fingerprint density at radius 3 is 2.07 bits per heavy atom. The molecule has 0 radical (unpaired) electrons. The minimum Gasteiger partial charge on any atom is -0.261 e. The van der Waals surface area contributed by atoms with Crippen molar-refractivity contribution in [3.63, 3.8) is 0 Å². The van der Waals surface area contributed by atoms with E-state index in [1.165, 1.54) is 0 Å². The predicted octanol–water partition coefficient (Wildman–Crippen LogP) is 3.84. The zero-order chi connectivity index (χ0) is 11.0. The second-order valence-electron chi connectivity index (χ2n) is 2.68. The van der Waals surface area contributed by atoms with E-state index in [1.54, 1.807) is 24.4 Å². The SMILES string of the molecule is C=C/C=C(/C)C(N=CC)=C(C=C)C=C. The minimum absolute atomic E-state index is 0.886. The molecule has 0 aromatic heterocycles. The Hall–Kier alpha value is -1.63. The number of rotatable bonds is 5. The Morgan fingerprint density at radius 1 is 1.14 bits per heavy atom. The highest BCUT2D eigenvalue weighted by atomic mass is 14.7. The highest BCUT2D eigenvalue weighted by Gasteiger charge is 2.00. The summed E-state index contributed by atoms with van der Waals surface area (Å²) >= 11 is 0. The van der Waals surface area contributed by atoms with E-state index in [0.717, 1.165) is 16.8 Å². The number of nitrogens with zero attached hydrogens (tertiary/aromatic N) is 1. The molecule has 14 heavy (non-hydrogen) atoms. The molecule has 1 nitrogen and oxygen atoms in total. The van der Waals surface area contributed by atoms with Gasteiger partial charge in [-0.1, -0.05) is 44.0 Å². The van der Waals surface area contributed by atoms with E-state index in [0.29, 0.717) is 0 Å². The molecule has 0 heterocycles. The van der Waals surface area contributed by atoms with Crippen molar-refractivity contribution in [1.29, 1.82) is 0 Å². The molecule has 0 aromatic rings. The fourth-order valence-corrected chi connectivity index (χ4v) is 1.07. The lowest BCUT2D eigenvalue weighted by Crippen LogP contribution is -1.87. The van der Waals surface area contributed by atoms with Gasteiger partial charge in [-0.3, -0.25) is 4.99 Å². The van der Waals surface area contributed by atoms with Crippen LogP contribution in [0.25, 0.3) is 0 Å². The Labute approximate surface area is 86.6 Å². The van der Waals surface area contributed by atoms with Crippen molar-refractivity contribution in [3.05, 3.63) is 60.9 Å². The van der Waals surface area contributed by atoms with E-state index in [1.807, 2.05) is 19.9 Å². The molecule has 0 bridgehead atoms. The first-order chi connectivity index (χ1) is 6.71. The fourth-order valence-electron chi connectivity index (χ4n) is 1.07. The number of hydrogen-bond acceptors (Lipinski definition) is 1. The van der Waals surface area contributed by atoms with Gasteiger partial charge in [-0.05, 0) is 25.0 Å². The molecule has 0 atom stereocenters. The van der Waals surface area contributed by atoms with Crippen LogP contribution in [-0.2, 0) is 0 Å². The first-order valence-electron chi connectivity index (χ1n) is 4.48. The average molecular weight is 187 g/mol.